The summed E-state index contributed by atoms with van der Waals surface area (Å²) in [6.45, 7) is 10.9. The zero-order valence-corrected chi connectivity index (χ0v) is 23.0. The lowest BCUT2D eigenvalue weighted by molar-refractivity contribution is 0.209. The molecule has 6 nitrogen and oxygen atoms in total. The van der Waals surface area contributed by atoms with E-state index in [1.54, 1.807) is 14.2 Å². The number of anilines is 1. The minimum Gasteiger partial charge on any atom is -0.493 e. The Morgan fingerprint density at radius 3 is 2.11 bits per heavy atom. The molecule has 198 valence electrons. The molecule has 0 unspecified atom stereocenters. The molecular formula is C32H37N3O3. The average Bonchev–Trinajstić information content (AvgIpc) is 2.96. The zero-order valence-electron chi connectivity index (χ0n) is 23.0. The van der Waals surface area contributed by atoms with Crippen LogP contribution in [0.5, 0.6) is 11.5 Å². The summed E-state index contributed by atoms with van der Waals surface area (Å²) in [6, 6.07) is 21.4. The second-order valence-corrected chi connectivity index (χ2v) is 10.2. The van der Waals surface area contributed by atoms with E-state index in [4.69, 9.17) is 9.47 Å². The van der Waals surface area contributed by atoms with Gasteiger partial charge in [0.1, 0.15) is 0 Å². The first-order valence-corrected chi connectivity index (χ1v) is 13.4. The summed E-state index contributed by atoms with van der Waals surface area (Å²) in [6.07, 6.45) is 0.731. The standard InChI is InChI=1S/C32H37N3O3/c1-6-26-27-19-23(22-7-11-25(12-8-22)35-17-15-34(16-18-35)21(2)3)9-13-28(27)33-32(36)31(26)24-10-14-29(37-4)30(20-24)38-5/h7-14,19-21H,6,15-18H2,1-5H3,(H,33,36). The average molecular weight is 512 g/mol. The van der Waals surface area contributed by atoms with Gasteiger partial charge in [0.05, 0.1) is 19.8 Å². The fraction of sp³-hybridized carbons (Fsp3) is 0.344. The summed E-state index contributed by atoms with van der Waals surface area (Å²) < 4.78 is 10.9. The molecule has 6 heteroatoms. The molecule has 0 spiro atoms. The Morgan fingerprint density at radius 1 is 0.816 bits per heavy atom. The van der Waals surface area contributed by atoms with Crippen molar-refractivity contribution in [1.82, 2.24) is 9.88 Å². The number of aryl methyl sites for hydroxylation is 1. The smallest absolute Gasteiger partial charge is 0.256 e. The third-order valence-electron chi connectivity index (χ3n) is 7.76. The predicted octanol–water partition coefficient (Wildman–Crippen LogP) is 5.97. The van der Waals surface area contributed by atoms with E-state index in [2.05, 4.69) is 72.0 Å². The highest BCUT2D eigenvalue weighted by Crippen LogP contribution is 2.35. The number of ether oxygens (including phenoxy) is 2. The molecule has 38 heavy (non-hydrogen) atoms. The van der Waals surface area contributed by atoms with E-state index in [-0.39, 0.29) is 5.56 Å². The topological polar surface area (TPSA) is 57.8 Å². The molecule has 0 radical (unpaired) electrons. The van der Waals surface area contributed by atoms with E-state index in [0.29, 0.717) is 23.1 Å². The number of aromatic nitrogens is 1. The molecule has 1 N–H and O–H groups in total. The van der Waals surface area contributed by atoms with Gasteiger partial charge in [0.25, 0.3) is 5.56 Å². The molecule has 0 atom stereocenters. The van der Waals surface area contributed by atoms with Crippen molar-refractivity contribution in [3.63, 3.8) is 0 Å². The molecular weight excluding hydrogens is 474 g/mol. The SMILES string of the molecule is CCc1c(-c2ccc(OC)c(OC)c2)c(=O)[nH]c2ccc(-c3ccc(N4CCN(C(C)C)CC4)cc3)cc12. The number of nitrogens with one attached hydrogen (secondary N) is 1. The number of aromatic amines is 1. The lowest BCUT2D eigenvalue weighted by Crippen LogP contribution is -2.48. The van der Waals surface area contributed by atoms with Crippen LogP contribution in [0, 0.1) is 0 Å². The first-order chi connectivity index (χ1) is 18.4. The van der Waals surface area contributed by atoms with Crippen LogP contribution in [0.3, 0.4) is 0 Å². The molecule has 1 aliphatic rings. The van der Waals surface area contributed by atoms with Crippen LogP contribution >= 0.6 is 0 Å². The molecule has 5 rings (SSSR count). The first kappa shape index (κ1) is 25.9. The van der Waals surface area contributed by atoms with E-state index in [9.17, 15) is 4.79 Å². The molecule has 1 saturated heterocycles. The fourth-order valence-electron chi connectivity index (χ4n) is 5.56. The van der Waals surface area contributed by atoms with E-state index in [0.717, 1.165) is 65.8 Å². The van der Waals surface area contributed by atoms with Gasteiger partial charge in [-0.25, -0.2) is 0 Å². The highest BCUT2D eigenvalue weighted by Gasteiger charge is 2.19. The van der Waals surface area contributed by atoms with Crippen LogP contribution in [0.2, 0.25) is 0 Å². The van der Waals surface area contributed by atoms with Crippen LogP contribution in [0.25, 0.3) is 33.2 Å². The predicted molar refractivity (Wildman–Crippen MR) is 157 cm³/mol. The minimum atomic E-state index is -0.101. The van der Waals surface area contributed by atoms with Gasteiger partial charge in [-0.15, -0.1) is 0 Å². The Kier molecular flexibility index (Phi) is 7.43. The summed E-state index contributed by atoms with van der Waals surface area (Å²) >= 11 is 0. The van der Waals surface area contributed by atoms with Gasteiger partial charge in [-0.1, -0.05) is 31.2 Å². The van der Waals surface area contributed by atoms with Crippen LogP contribution in [0.1, 0.15) is 26.3 Å². The maximum atomic E-state index is 13.2. The molecule has 2 heterocycles. The summed E-state index contributed by atoms with van der Waals surface area (Å²) in [7, 11) is 3.22. The van der Waals surface area contributed by atoms with Crippen LogP contribution in [0.4, 0.5) is 5.69 Å². The third-order valence-corrected chi connectivity index (χ3v) is 7.76. The number of benzene rings is 3. The monoisotopic (exact) mass is 511 g/mol. The van der Waals surface area contributed by atoms with Crippen molar-refractivity contribution >= 4 is 16.6 Å². The number of hydrogen-bond donors (Lipinski definition) is 1. The van der Waals surface area contributed by atoms with Crippen molar-refractivity contribution in [3.05, 3.63) is 76.6 Å². The Hall–Kier alpha value is -3.77. The molecule has 0 bridgehead atoms. The van der Waals surface area contributed by atoms with Gasteiger partial charge in [0.15, 0.2) is 11.5 Å². The fourth-order valence-corrected chi connectivity index (χ4v) is 5.56. The van der Waals surface area contributed by atoms with E-state index < -0.39 is 0 Å². The Morgan fingerprint density at radius 2 is 1.47 bits per heavy atom. The molecule has 4 aromatic rings. The lowest BCUT2D eigenvalue weighted by Gasteiger charge is -2.38. The van der Waals surface area contributed by atoms with Crippen LogP contribution < -0.4 is 19.9 Å². The number of fused-ring (bicyclic) bond motifs is 1. The lowest BCUT2D eigenvalue weighted by atomic mass is 9.93. The van der Waals surface area contributed by atoms with Crippen molar-refractivity contribution in [2.24, 2.45) is 0 Å². The number of piperazine rings is 1. The van der Waals surface area contributed by atoms with Gasteiger partial charge >= 0.3 is 0 Å². The first-order valence-electron chi connectivity index (χ1n) is 13.4. The Balaban J connectivity index is 1.50. The molecule has 0 amide bonds. The van der Waals surface area contributed by atoms with Crippen LogP contribution in [0.15, 0.2) is 65.5 Å². The second-order valence-electron chi connectivity index (χ2n) is 10.2. The summed E-state index contributed by atoms with van der Waals surface area (Å²) in [5.74, 6) is 1.24. The van der Waals surface area contributed by atoms with Gasteiger partial charge in [0, 0.05) is 48.8 Å². The number of methoxy groups -OCH3 is 2. The molecule has 3 aromatic carbocycles. The van der Waals surface area contributed by atoms with Gasteiger partial charge in [-0.2, -0.15) is 0 Å². The van der Waals surface area contributed by atoms with Gasteiger partial charge in [-0.3, -0.25) is 9.69 Å². The zero-order chi connectivity index (χ0) is 26.8. The van der Waals surface area contributed by atoms with Crippen molar-refractivity contribution in [3.8, 4) is 33.8 Å². The highest BCUT2D eigenvalue weighted by molar-refractivity contribution is 5.92. The van der Waals surface area contributed by atoms with Crippen molar-refractivity contribution in [2.45, 2.75) is 33.2 Å². The molecule has 0 saturated carbocycles. The molecule has 1 aromatic heterocycles. The minimum absolute atomic E-state index is 0.101. The summed E-state index contributed by atoms with van der Waals surface area (Å²) in [4.78, 5) is 21.3. The normalized spacial score (nSPS) is 14.3. The maximum Gasteiger partial charge on any atom is 0.256 e. The quantitative estimate of drug-likeness (QED) is 0.331. The second kappa shape index (κ2) is 10.9. The Labute approximate surface area is 224 Å². The maximum absolute atomic E-state index is 13.2. The van der Waals surface area contributed by atoms with Crippen molar-refractivity contribution in [1.29, 1.82) is 0 Å². The number of hydrogen-bond acceptors (Lipinski definition) is 5. The molecule has 0 aliphatic carbocycles. The van der Waals surface area contributed by atoms with E-state index in [1.165, 1.54) is 5.69 Å². The highest BCUT2D eigenvalue weighted by atomic mass is 16.5. The summed E-state index contributed by atoms with van der Waals surface area (Å²) in [5.41, 5.74) is 6.83. The summed E-state index contributed by atoms with van der Waals surface area (Å²) in [5, 5.41) is 1.06. The number of pyridine rings is 1. The third kappa shape index (κ3) is 4.88. The van der Waals surface area contributed by atoms with Crippen molar-refractivity contribution < 1.29 is 9.47 Å². The largest absolute Gasteiger partial charge is 0.493 e. The molecule has 1 aliphatic heterocycles. The van der Waals surface area contributed by atoms with Crippen molar-refractivity contribution in [2.75, 3.05) is 45.3 Å². The Bertz CT molecular complexity index is 1480. The van der Waals surface area contributed by atoms with E-state index in [1.807, 2.05) is 24.3 Å². The van der Waals surface area contributed by atoms with Gasteiger partial charge in [-0.05, 0) is 78.9 Å². The van der Waals surface area contributed by atoms with Gasteiger partial charge in [0.2, 0.25) is 0 Å². The van der Waals surface area contributed by atoms with Gasteiger partial charge < -0.3 is 19.4 Å². The number of nitrogens with zero attached hydrogens (tertiary/aromatic N) is 2. The van der Waals surface area contributed by atoms with E-state index >= 15 is 0 Å². The number of rotatable bonds is 7. The molecule has 1 fully saturated rings. The van der Waals surface area contributed by atoms with Crippen LogP contribution in [-0.2, 0) is 6.42 Å². The number of H-pyrrole nitrogens is 1. The van der Waals surface area contributed by atoms with Crippen LogP contribution in [-0.4, -0.2) is 56.3 Å².